The maximum absolute atomic E-state index is 12.0. The van der Waals surface area contributed by atoms with E-state index in [9.17, 15) is 9.59 Å². The largest absolute Gasteiger partial charge is 0.479 e. The zero-order valence-corrected chi connectivity index (χ0v) is 11.0. The molecule has 5 heteroatoms. The van der Waals surface area contributed by atoms with Crippen LogP contribution in [0.3, 0.4) is 0 Å². The highest BCUT2D eigenvalue weighted by Crippen LogP contribution is 2.36. The lowest BCUT2D eigenvalue weighted by atomic mass is 10.1. The Balaban J connectivity index is 2.39. The van der Waals surface area contributed by atoms with Gasteiger partial charge in [0, 0.05) is 25.2 Å². The quantitative estimate of drug-likeness (QED) is 0.845. The van der Waals surface area contributed by atoms with Gasteiger partial charge in [-0.2, -0.15) is 0 Å². The van der Waals surface area contributed by atoms with Crippen LogP contribution in [0, 0.1) is 0 Å². The average molecular weight is 260 g/mol. The number of benzene rings is 1. The van der Waals surface area contributed by atoms with Crippen LogP contribution in [0.2, 0.25) is 0 Å². The predicted molar refractivity (Wildman–Crippen MR) is 73.4 cm³/mol. The van der Waals surface area contributed by atoms with Gasteiger partial charge in [-0.25, -0.2) is 0 Å². The van der Waals surface area contributed by atoms with E-state index in [4.69, 9.17) is 4.74 Å². The van der Waals surface area contributed by atoms with E-state index in [1.54, 1.807) is 36.1 Å². The number of fused-ring (bicyclic) bond motifs is 1. The number of carbonyl (C=O) groups is 2. The van der Waals surface area contributed by atoms with Gasteiger partial charge in [-0.1, -0.05) is 6.08 Å². The summed E-state index contributed by atoms with van der Waals surface area (Å²) >= 11 is 0. The van der Waals surface area contributed by atoms with Crippen LogP contribution in [-0.2, 0) is 9.59 Å². The number of nitrogens with zero attached hydrogens (tertiary/aromatic N) is 1. The predicted octanol–water partition coefficient (Wildman–Crippen LogP) is 1.94. The number of amides is 2. The van der Waals surface area contributed by atoms with Crippen molar-refractivity contribution in [3.05, 3.63) is 30.9 Å². The molecule has 1 N–H and O–H groups in total. The molecule has 0 saturated heterocycles. The maximum atomic E-state index is 12.0. The molecule has 0 aliphatic carbocycles. The van der Waals surface area contributed by atoms with Gasteiger partial charge >= 0.3 is 0 Å². The van der Waals surface area contributed by atoms with Gasteiger partial charge in [0.25, 0.3) is 5.91 Å². The Morgan fingerprint density at radius 2 is 2.32 bits per heavy atom. The molecule has 0 saturated carbocycles. The molecule has 1 atom stereocenters. The van der Waals surface area contributed by atoms with E-state index in [-0.39, 0.29) is 11.8 Å². The Kier molecular flexibility index (Phi) is 3.55. The smallest absolute Gasteiger partial charge is 0.268 e. The Labute approximate surface area is 111 Å². The fourth-order valence-electron chi connectivity index (χ4n) is 2.01. The number of ether oxygens (including phenoxy) is 1. The van der Waals surface area contributed by atoms with Crippen molar-refractivity contribution in [1.29, 1.82) is 0 Å². The van der Waals surface area contributed by atoms with Crippen molar-refractivity contribution in [2.75, 3.05) is 16.8 Å². The molecule has 0 bridgehead atoms. The zero-order chi connectivity index (χ0) is 14.0. The van der Waals surface area contributed by atoms with Gasteiger partial charge in [0.1, 0.15) is 5.75 Å². The first-order chi connectivity index (χ1) is 9.02. The number of hydrogen-bond donors (Lipinski definition) is 1. The first-order valence-corrected chi connectivity index (χ1v) is 6.03. The van der Waals surface area contributed by atoms with Gasteiger partial charge in [-0.15, -0.1) is 6.58 Å². The number of anilines is 2. The molecule has 1 aromatic rings. The van der Waals surface area contributed by atoms with E-state index >= 15 is 0 Å². The van der Waals surface area contributed by atoms with Crippen molar-refractivity contribution in [2.45, 2.75) is 20.0 Å². The van der Waals surface area contributed by atoms with E-state index < -0.39 is 6.10 Å². The normalized spacial score (nSPS) is 17.5. The number of hydrogen-bond acceptors (Lipinski definition) is 3. The van der Waals surface area contributed by atoms with E-state index in [1.807, 2.05) is 0 Å². The minimum atomic E-state index is -0.542. The molecule has 0 spiro atoms. The van der Waals surface area contributed by atoms with Crippen molar-refractivity contribution in [3.8, 4) is 5.75 Å². The third-order valence-electron chi connectivity index (χ3n) is 2.80. The van der Waals surface area contributed by atoms with E-state index in [2.05, 4.69) is 11.9 Å². The minimum Gasteiger partial charge on any atom is -0.479 e. The first-order valence-electron chi connectivity index (χ1n) is 6.03. The summed E-state index contributed by atoms with van der Waals surface area (Å²) in [4.78, 5) is 24.7. The third kappa shape index (κ3) is 2.59. The number of nitrogens with one attached hydrogen (secondary N) is 1. The lowest BCUT2D eigenvalue weighted by Gasteiger charge is -2.32. The summed E-state index contributed by atoms with van der Waals surface area (Å²) in [5.41, 5.74) is 1.34. The standard InChI is InChI=1S/C14H16N2O3/c1-4-7-16-12-6-5-11(15-10(3)17)8-13(12)19-9(2)14(16)18/h4-6,8-9H,1,7H2,2-3H3,(H,15,17). The lowest BCUT2D eigenvalue weighted by molar-refractivity contribution is -0.125. The molecule has 0 aromatic heterocycles. The average Bonchev–Trinajstić information content (AvgIpc) is 2.34. The molecule has 0 fully saturated rings. The van der Waals surface area contributed by atoms with Crippen molar-refractivity contribution in [1.82, 2.24) is 0 Å². The van der Waals surface area contributed by atoms with Crippen LogP contribution in [0.1, 0.15) is 13.8 Å². The molecule has 2 amide bonds. The Morgan fingerprint density at radius 3 is 2.95 bits per heavy atom. The maximum Gasteiger partial charge on any atom is 0.268 e. The van der Waals surface area contributed by atoms with Crippen molar-refractivity contribution in [2.24, 2.45) is 0 Å². The highest BCUT2D eigenvalue weighted by Gasteiger charge is 2.30. The summed E-state index contributed by atoms with van der Waals surface area (Å²) in [6.07, 6.45) is 1.13. The summed E-state index contributed by atoms with van der Waals surface area (Å²) in [6, 6.07) is 5.21. The van der Waals surface area contributed by atoms with Crippen LogP contribution in [0.25, 0.3) is 0 Å². The molecule has 1 aliphatic heterocycles. The Morgan fingerprint density at radius 1 is 1.58 bits per heavy atom. The van der Waals surface area contributed by atoms with Gasteiger partial charge in [0.05, 0.1) is 5.69 Å². The number of rotatable bonds is 3. The zero-order valence-electron chi connectivity index (χ0n) is 11.0. The minimum absolute atomic E-state index is 0.0975. The van der Waals surface area contributed by atoms with Crippen LogP contribution in [0.5, 0.6) is 5.75 Å². The summed E-state index contributed by atoms with van der Waals surface area (Å²) in [7, 11) is 0. The molecule has 5 nitrogen and oxygen atoms in total. The molecule has 1 heterocycles. The van der Waals surface area contributed by atoms with Gasteiger partial charge in [-0.3, -0.25) is 9.59 Å². The third-order valence-corrected chi connectivity index (χ3v) is 2.80. The summed E-state index contributed by atoms with van der Waals surface area (Å²) in [5.74, 6) is 0.336. The molecular weight excluding hydrogens is 244 g/mol. The summed E-state index contributed by atoms with van der Waals surface area (Å²) in [5, 5.41) is 2.69. The SMILES string of the molecule is C=CCN1C(=O)C(C)Oc2cc(NC(C)=O)ccc21. The fraction of sp³-hybridized carbons (Fsp3) is 0.286. The Hall–Kier alpha value is -2.30. The van der Waals surface area contributed by atoms with Gasteiger partial charge in [0.15, 0.2) is 6.10 Å². The summed E-state index contributed by atoms with van der Waals surface area (Å²) < 4.78 is 5.57. The summed E-state index contributed by atoms with van der Waals surface area (Å²) in [6.45, 7) is 7.22. The monoisotopic (exact) mass is 260 g/mol. The molecule has 2 rings (SSSR count). The second kappa shape index (κ2) is 5.14. The molecule has 1 aliphatic rings. The molecule has 100 valence electrons. The van der Waals surface area contributed by atoms with E-state index in [0.717, 1.165) is 0 Å². The number of carbonyl (C=O) groups excluding carboxylic acids is 2. The van der Waals surface area contributed by atoms with Crippen LogP contribution in [0.15, 0.2) is 30.9 Å². The molecule has 1 aromatic carbocycles. The van der Waals surface area contributed by atoms with Crippen molar-refractivity contribution >= 4 is 23.2 Å². The van der Waals surface area contributed by atoms with Gasteiger partial charge in [0.2, 0.25) is 5.91 Å². The Bertz CT molecular complexity index is 539. The van der Waals surface area contributed by atoms with Crippen molar-refractivity contribution < 1.29 is 14.3 Å². The fourth-order valence-corrected chi connectivity index (χ4v) is 2.01. The van der Waals surface area contributed by atoms with Gasteiger partial charge in [-0.05, 0) is 19.1 Å². The topological polar surface area (TPSA) is 58.6 Å². The van der Waals surface area contributed by atoms with Gasteiger partial charge < -0.3 is 15.0 Å². The second-order valence-electron chi connectivity index (χ2n) is 4.36. The van der Waals surface area contributed by atoms with Crippen LogP contribution in [-0.4, -0.2) is 24.5 Å². The van der Waals surface area contributed by atoms with Crippen LogP contribution in [0.4, 0.5) is 11.4 Å². The highest BCUT2D eigenvalue weighted by molar-refractivity contribution is 6.00. The first kappa shape index (κ1) is 13.1. The van der Waals surface area contributed by atoms with Crippen LogP contribution < -0.4 is 15.0 Å². The molecule has 19 heavy (non-hydrogen) atoms. The highest BCUT2D eigenvalue weighted by atomic mass is 16.5. The lowest BCUT2D eigenvalue weighted by Crippen LogP contribution is -2.44. The molecule has 0 radical (unpaired) electrons. The van der Waals surface area contributed by atoms with E-state index in [1.165, 1.54) is 6.92 Å². The van der Waals surface area contributed by atoms with E-state index in [0.29, 0.717) is 23.7 Å². The molecular formula is C14H16N2O3. The van der Waals surface area contributed by atoms with Crippen molar-refractivity contribution in [3.63, 3.8) is 0 Å². The van der Waals surface area contributed by atoms with Crippen LogP contribution >= 0.6 is 0 Å². The molecule has 1 unspecified atom stereocenters. The second-order valence-corrected chi connectivity index (χ2v) is 4.36.